The fourth-order valence-electron chi connectivity index (χ4n) is 1.40. The summed E-state index contributed by atoms with van der Waals surface area (Å²) in [5.74, 6) is 0. The van der Waals surface area contributed by atoms with E-state index in [0.29, 0.717) is 11.6 Å². The van der Waals surface area contributed by atoms with Crippen LogP contribution in [0.5, 0.6) is 0 Å². The number of benzene rings is 1. The second-order valence-electron chi connectivity index (χ2n) is 3.99. The third-order valence-corrected chi connectivity index (χ3v) is 4.80. The predicted molar refractivity (Wildman–Crippen MR) is 80.2 cm³/mol. The van der Waals surface area contributed by atoms with E-state index in [1.54, 1.807) is 18.2 Å². The zero-order valence-electron chi connectivity index (χ0n) is 10.8. The number of nitrogens with one attached hydrogen (secondary N) is 2. The lowest BCUT2D eigenvalue weighted by molar-refractivity contribution is 0.462. The third-order valence-electron chi connectivity index (χ3n) is 2.50. The van der Waals surface area contributed by atoms with Crippen molar-refractivity contribution < 1.29 is 8.42 Å². The van der Waals surface area contributed by atoms with Crippen LogP contribution in [-0.2, 0) is 10.2 Å². The molecule has 108 valence electrons. The molecule has 0 heterocycles. The van der Waals surface area contributed by atoms with E-state index >= 15 is 0 Å². The van der Waals surface area contributed by atoms with Crippen LogP contribution in [0.1, 0.15) is 6.42 Å². The van der Waals surface area contributed by atoms with E-state index in [2.05, 4.69) is 10.0 Å². The molecule has 0 amide bonds. The smallest absolute Gasteiger partial charge is 0.301 e. The average Bonchev–Trinajstić information content (AvgIpc) is 2.35. The van der Waals surface area contributed by atoms with Gasteiger partial charge in [-0.1, -0.05) is 29.3 Å². The Kier molecular flexibility index (Phi) is 6.35. The number of hydrogen-bond donors (Lipinski definition) is 2. The molecule has 0 spiro atoms. The molecule has 0 unspecified atom stereocenters. The largest absolute Gasteiger partial charge is 0.320 e. The van der Waals surface area contributed by atoms with Gasteiger partial charge in [0, 0.05) is 13.6 Å². The van der Waals surface area contributed by atoms with Gasteiger partial charge >= 0.3 is 10.2 Å². The van der Waals surface area contributed by atoms with E-state index in [4.69, 9.17) is 23.2 Å². The molecule has 19 heavy (non-hydrogen) atoms. The molecule has 1 aromatic carbocycles. The fraction of sp³-hybridized carbons (Fsp3) is 0.455. The number of nitrogens with zero attached hydrogens (tertiary/aromatic N) is 1. The van der Waals surface area contributed by atoms with Gasteiger partial charge in [-0.2, -0.15) is 12.7 Å². The van der Waals surface area contributed by atoms with Crippen molar-refractivity contribution in [2.45, 2.75) is 6.42 Å². The van der Waals surface area contributed by atoms with Gasteiger partial charge in [0.2, 0.25) is 0 Å². The van der Waals surface area contributed by atoms with E-state index in [9.17, 15) is 8.42 Å². The van der Waals surface area contributed by atoms with Crippen molar-refractivity contribution in [2.24, 2.45) is 0 Å². The van der Waals surface area contributed by atoms with Gasteiger partial charge in [0.25, 0.3) is 0 Å². The van der Waals surface area contributed by atoms with E-state index < -0.39 is 10.2 Å². The van der Waals surface area contributed by atoms with Gasteiger partial charge in [0.05, 0.1) is 15.7 Å². The minimum absolute atomic E-state index is 0.191. The normalized spacial score (nSPS) is 11.8. The SMILES string of the molecule is CNCCCN(C)S(=O)(=O)Nc1cccc(Cl)c1Cl. The Morgan fingerprint density at radius 1 is 1.32 bits per heavy atom. The van der Waals surface area contributed by atoms with Crippen LogP contribution < -0.4 is 10.0 Å². The van der Waals surface area contributed by atoms with Gasteiger partial charge in [-0.05, 0) is 32.1 Å². The van der Waals surface area contributed by atoms with Crippen molar-refractivity contribution in [1.29, 1.82) is 0 Å². The van der Waals surface area contributed by atoms with E-state index in [1.807, 2.05) is 7.05 Å². The first-order chi connectivity index (χ1) is 8.88. The van der Waals surface area contributed by atoms with Crippen LogP contribution in [0.2, 0.25) is 10.0 Å². The second-order valence-corrected chi connectivity index (χ2v) is 6.55. The fourth-order valence-corrected chi connectivity index (χ4v) is 2.78. The highest BCUT2D eigenvalue weighted by atomic mass is 35.5. The minimum Gasteiger partial charge on any atom is -0.320 e. The monoisotopic (exact) mass is 325 g/mol. The number of halogens is 2. The van der Waals surface area contributed by atoms with Gasteiger partial charge in [0.1, 0.15) is 0 Å². The summed E-state index contributed by atoms with van der Waals surface area (Å²) in [6.45, 7) is 1.16. The summed E-state index contributed by atoms with van der Waals surface area (Å²) in [6.07, 6.45) is 0.719. The maximum Gasteiger partial charge on any atom is 0.301 e. The van der Waals surface area contributed by atoms with Gasteiger partial charge in [-0.25, -0.2) is 0 Å². The van der Waals surface area contributed by atoms with Crippen LogP contribution in [0.4, 0.5) is 5.69 Å². The summed E-state index contributed by atoms with van der Waals surface area (Å²) >= 11 is 11.8. The van der Waals surface area contributed by atoms with Gasteiger partial charge in [-0.3, -0.25) is 4.72 Å². The first-order valence-electron chi connectivity index (χ1n) is 5.71. The molecule has 8 heteroatoms. The molecule has 0 aliphatic heterocycles. The molecule has 0 saturated heterocycles. The van der Waals surface area contributed by atoms with Crippen molar-refractivity contribution in [1.82, 2.24) is 9.62 Å². The Balaban J connectivity index is 2.76. The maximum atomic E-state index is 12.1. The molecule has 5 nitrogen and oxygen atoms in total. The lowest BCUT2D eigenvalue weighted by Crippen LogP contribution is -2.34. The van der Waals surface area contributed by atoms with E-state index in [0.717, 1.165) is 13.0 Å². The highest BCUT2D eigenvalue weighted by Gasteiger charge is 2.18. The Bertz CT molecular complexity index is 523. The molecular formula is C11H17Cl2N3O2S. The molecule has 0 bridgehead atoms. The molecule has 0 aliphatic carbocycles. The Labute approximate surface area is 124 Å². The quantitative estimate of drug-likeness (QED) is 0.755. The summed E-state index contributed by atoms with van der Waals surface area (Å²) in [7, 11) is -0.292. The van der Waals surface area contributed by atoms with Crippen LogP contribution in [0.3, 0.4) is 0 Å². The topological polar surface area (TPSA) is 61.4 Å². The summed E-state index contributed by atoms with van der Waals surface area (Å²) in [6, 6.07) is 4.79. The molecule has 0 atom stereocenters. The van der Waals surface area contributed by atoms with Crippen molar-refractivity contribution in [3.8, 4) is 0 Å². The molecule has 0 saturated carbocycles. The highest BCUT2D eigenvalue weighted by molar-refractivity contribution is 7.90. The Morgan fingerprint density at radius 3 is 2.63 bits per heavy atom. The standard InChI is InChI=1S/C11H17Cl2N3O2S/c1-14-7-4-8-16(2)19(17,18)15-10-6-3-5-9(12)11(10)13/h3,5-6,14-15H,4,7-8H2,1-2H3. The van der Waals surface area contributed by atoms with Crippen LogP contribution in [0, 0.1) is 0 Å². The van der Waals surface area contributed by atoms with Gasteiger partial charge in [0.15, 0.2) is 0 Å². The van der Waals surface area contributed by atoms with Crippen molar-refractivity contribution in [3.05, 3.63) is 28.2 Å². The predicted octanol–water partition coefficient (Wildman–Crippen LogP) is 2.19. The molecular weight excluding hydrogens is 309 g/mol. The lowest BCUT2D eigenvalue weighted by atomic mass is 10.3. The van der Waals surface area contributed by atoms with E-state index in [1.165, 1.54) is 11.4 Å². The summed E-state index contributed by atoms with van der Waals surface area (Å²) in [5, 5.41) is 3.46. The number of rotatable bonds is 7. The Morgan fingerprint density at radius 2 is 2.00 bits per heavy atom. The molecule has 0 fully saturated rings. The molecule has 0 aliphatic rings. The molecule has 2 N–H and O–H groups in total. The van der Waals surface area contributed by atoms with Crippen LogP contribution >= 0.6 is 23.2 Å². The molecule has 0 aromatic heterocycles. The number of hydrogen-bond acceptors (Lipinski definition) is 3. The average molecular weight is 326 g/mol. The molecule has 1 rings (SSSR count). The molecule has 0 radical (unpaired) electrons. The first kappa shape index (κ1) is 16.5. The van der Waals surface area contributed by atoms with Crippen LogP contribution in [0.25, 0.3) is 0 Å². The zero-order valence-corrected chi connectivity index (χ0v) is 13.1. The van der Waals surface area contributed by atoms with Crippen molar-refractivity contribution in [2.75, 3.05) is 31.9 Å². The summed E-state index contributed by atoms with van der Waals surface area (Å²) < 4.78 is 27.8. The van der Waals surface area contributed by atoms with Crippen molar-refractivity contribution in [3.63, 3.8) is 0 Å². The van der Waals surface area contributed by atoms with Gasteiger partial charge < -0.3 is 5.32 Å². The lowest BCUT2D eigenvalue weighted by Gasteiger charge is -2.19. The second kappa shape index (κ2) is 7.31. The van der Waals surface area contributed by atoms with Crippen LogP contribution in [0.15, 0.2) is 18.2 Å². The maximum absolute atomic E-state index is 12.1. The Hall–Kier alpha value is -0.530. The first-order valence-corrected chi connectivity index (χ1v) is 7.91. The number of anilines is 1. The zero-order chi connectivity index (χ0) is 14.5. The van der Waals surface area contributed by atoms with Gasteiger partial charge in [-0.15, -0.1) is 0 Å². The minimum atomic E-state index is -3.62. The van der Waals surface area contributed by atoms with Crippen LogP contribution in [-0.4, -0.2) is 39.9 Å². The van der Waals surface area contributed by atoms with E-state index in [-0.39, 0.29) is 10.7 Å². The van der Waals surface area contributed by atoms with Crippen molar-refractivity contribution >= 4 is 39.1 Å². The summed E-state index contributed by atoms with van der Waals surface area (Å²) in [4.78, 5) is 0. The molecule has 1 aromatic rings. The summed E-state index contributed by atoms with van der Waals surface area (Å²) in [5.41, 5.74) is 0.273. The third kappa shape index (κ3) is 4.81. The highest BCUT2D eigenvalue weighted by Crippen LogP contribution is 2.30.